The molecule has 1 heterocycles. The van der Waals surface area contributed by atoms with Gasteiger partial charge in [0.2, 0.25) is 0 Å². The number of carbonyl (C=O) groups is 2. The Morgan fingerprint density at radius 3 is 2.33 bits per heavy atom. The number of rotatable bonds is 5. The van der Waals surface area contributed by atoms with Crippen LogP contribution in [0, 0.1) is 0 Å². The van der Waals surface area contributed by atoms with Crippen molar-refractivity contribution in [2.45, 2.75) is 36.5 Å². The number of hydrogen-bond acceptors (Lipinski definition) is 4. The topological polar surface area (TPSA) is 101 Å². The maximum atomic E-state index is 12.4. The number of ether oxygens (including phenoxy) is 1. The Morgan fingerprint density at radius 2 is 1.83 bits per heavy atom. The third kappa shape index (κ3) is 3.08. The summed E-state index contributed by atoms with van der Waals surface area (Å²) in [4.78, 5) is 25.7. The van der Waals surface area contributed by atoms with Crippen LogP contribution in [0.4, 0.5) is 18.0 Å². The maximum absolute atomic E-state index is 12.4. The quantitative estimate of drug-likeness (QED) is 0.752. The van der Waals surface area contributed by atoms with Gasteiger partial charge in [-0.3, -0.25) is 4.79 Å². The van der Waals surface area contributed by atoms with Crippen molar-refractivity contribution in [1.82, 2.24) is 15.6 Å². The molecule has 3 fully saturated rings. The smallest absolute Gasteiger partial charge is 0.433 e. The van der Waals surface area contributed by atoms with Crippen LogP contribution in [0.2, 0.25) is 0 Å². The lowest BCUT2D eigenvalue weighted by Crippen LogP contribution is -2.83. The van der Waals surface area contributed by atoms with E-state index < -0.39 is 34.9 Å². The summed E-state index contributed by atoms with van der Waals surface area (Å²) < 4.78 is 42.2. The van der Waals surface area contributed by atoms with Crippen LogP contribution < -0.4 is 15.4 Å². The van der Waals surface area contributed by atoms with Gasteiger partial charge < -0.3 is 20.5 Å². The van der Waals surface area contributed by atoms with Gasteiger partial charge in [0.1, 0.15) is 11.4 Å². The monoisotopic (exact) mass is 345 g/mol. The standard InChI is InChI=1S/C14H14F3N3O4/c15-14(16,17)9-2-1-8(3-18-9)24-4-10(21)19-12-5-13(6-12,7-12)20-11(22)23/h1-3,20H,4-7H2,(H,19,21)(H,22,23). The van der Waals surface area contributed by atoms with Crippen LogP contribution >= 0.6 is 0 Å². The molecule has 130 valence electrons. The van der Waals surface area contributed by atoms with E-state index >= 15 is 0 Å². The summed E-state index contributed by atoms with van der Waals surface area (Å²) in [6.07, 6.45) is -3.13. The average Bonchev–Trinajstić information content (AvgIpc) is 2.40. The largest absolute Gasteiger partial charge is 0.482 e. The van der Waals surface area contributed by atoms with Crippen LogP contribution in [0.1, 0.15) is 25.0 Å². The first-order valence-corrected chi connectivity index (χ1v) is 7.10. The molecule has 3 saturated carbocycles. The summed E-state index contributed by atoms with van der Waals surface area (Å²) in [6.45, 7) is -0.353. The zero-order valence-corrected chi connectivity index (χ0v) is 12.3. The molecule has 3 aliphatic rings. The fourth-order valence-electron chi connectivity index (χ4n) is 3.39. The van der Waals surface area contributed by atoms with Gasteiger partial charge in [0.25, 0.3) is 5.91 Å². The zero-order chi connectivity index (χ0) is 17.6. The lowest BCUT2D eigenvalue weighted by atomic mass is 9.44. The number of nitrogens with zero attached hydrogens (tertiary/aromatic N) is 1. The van der Waals surface area contributed by atoms with Crippen LogP contribution in [-0.4, -0.2) is 39.8 Å². The highest BCUT2D eigenvalue weighted by atomic mass is 19.4. The van der Waals surface area contributed by atoms with Crippen LogP contribution in [0.3, 0.4) is 0 Å². The molecule has 2 amide bonds. The summed E-state index contributed by atoms with van der Waals surface area (Å²) in [5, 5.41) is 13.9. The van der Waals surface area contributed by atoms with Crippen molar-refractivity contribution >= 4 is 12.0 Å². The Balaban J connectivity index is 1.44. The van der Waals surface area contributed by atoms with Crippen molar-refractivity contribution in [2.75, 3.05) is 6.61 Å². The van der Waals surface area contributed by atoms with Gasteiger partial charge in [-0.25, -0.2) is 9.78 Å². The Bertz CT molecular complexity index is 655. The number of carboxylic acid groups (broad SMARTS) is 1. The number of pyridine rings is 1. The number of nitrogens with one attached hydrogen (secondary N) is 2. The molecule has 0 aliphatic heterocycles. The van der Waals surface area contributed by atoms with E-state index in [1.54, 1.807) is 0 Å². The molecule has 0 unspecified atom stereocenters. The Labute approximate surface area is 134 Å². The van der Waals surface area contributed by atoms with E-state index in [2.05, 4.69) is 15.6 Å². The molecular formula is C14H14F3N3O4. The summed E-state index contributed by atoms with van der Waals surface area (Å²) in [6, 6.07) is 1.87. The average molecular weight is 345 g/mol. The number of aromatic nitrogens is 1. The molecule has 1 aromatic heterocycles. The molecule has 0 spiro atoms. The molecule has 7 nitrogen and oxygen atoms in total. The minimum atomic E-state index is -4.53. The second-order valence-corrected chi connectivity index (χ2v) is 6.23. The van der Waals surface area contributed by atoms with Crippen molar-refractivity contribution < 1.29 is 32.6 Å². The molecule has 0 atom stereocenters. The van der Waals surface area contributed by atoms with Gasteiger partial charge >= 0.3 is 12.3 Å². The van der Waals surface area contributed by atoms with Crippen molar-refractivity contribution in [3.05, 3.63) is 24.0 Å². The molecule has 1 aromatic rings. The minimum Gasteiger partial charge on any atom is -0.482 e. The Kier molecular flexibility index (Phi) is 3.57. The molecular weight excluding hydrogens is 331 g/mol. The van der Waals surface area contributed by atoms with Gasteiger partial charge in [-0.15, -0.1) is 0 Å². The lowest BCUT2D eigenvalue weighted by molar-refractivity contribution is -0.142. The van der Waals surface area contributed by atoms with E-state index in [0.29, 0.717) is 19.3 Å². The Morgan fingerprint density at radius 1 is 1.21 bits per heavy atom. The molecule has 0 aromatic carbocycles. The van der Waals surface area contributed by atoms with Gasteiger partial charge in [0.15, 0.2) is 6.61 Å². The number of halogens is 3. The summed E-state index contributed by atoms with van der Waals surface area (Å²) in [7, 11) is 0. The summed E-state index contributed by atoms with van der Waals surface area (Å²) in [5.41, 5.74) is -1.87. The number of alkyl halides is 3. The van der Waals surface area contributed by atoms with Gasteiger partial charge in [-0.1, -0.05) is 0 Å². The van der Waals surface area contributed by atoms with Gasteiger partial charge in [0, 0.05) is 5.54 Å². The van der Waals surface area contributed by atoms with E-state index in [-0.39, 0.29) is 12.4 Å². The normalized spacial score (nSPS) is 27.5. The van der Waals surface area contributed by atoms with Crippen LogP contribution in [0.15, 0.2) is 18.3 Å². The second kappa shape index (κ2) is 5.25. The fourth-order valence-corrected chi connectivity index (χ4v) is 3.39. The first-order valence-electron chi connectivity index (χ1n) is 7.10. The molecule has 0 saturated heterocycles. The highest BCUT2D eigenvalue weighted by Crippen LogP contribution is 2.60. The number of hydrogen-bond donors (Lipinski definition) is 3. The van der Waals surface area contributed by atoms with Gasteiger partial charge in [0.05, 0.1) is 11.7 Å². The SMILES string of the molecule is O=C(O)NC12CC(NC(=O)COc3ccc(C(F)(F)F)nc3)(C1)C2. The minimum absolute atomic E-state index is 0.0553. The Hall–Kier alpha value is -2.52. The highest BCUT2D eigenvalue weighted by molar-refractivity contribution is 5.79. The third-order valence-electron chi connectivity index (χ3n) is 4.20. The number of carbonyl (C=O) groups excluding carboxylic acids is 1. The molecule has 4 rings (SSSR count). The van der Waals surface area contributed by atoms with Crippen molar-refractivity contribution in [1.29, 1.82) is 0 Å². The van der Waals surface area contributed by atoms with E-state index in [1.807, 2.05) is 0 Å². The van der Waals surface area contributed by atoms with Gasteiger partial charge in [-0.2, -0.15) is 13.2 Å². The first kappa shape index (κ1) is 16.3. The molecule has 3 N–H and O–H groups in total. The van der Waals surface area contributed by atoms with Crippen LogP contribution in [-0.2, 0) is 11.0 Å². The first-order chi connectivity index (χ1) is 11.1. The van der Waals surface area contributed by atoms with Crippen LogP contribution in [0.5, 0.6) is 5.75 Å². The molecule has 3 aliphatic carbocycles. The number of amides is 2. The summed E-state index contributed by atoms with van der Waals surface area (Å²) >= 11 is 0. The molecule has 10 heteroatoms. The van der Waals surface area contributed by atoms with E-state index in [4.69, 9.17) is 9.84 Å². The second-order valence-electron chi connectivity index (χ2n) is 6.23. The zero-order valence-electron chi connectivity index (χ0n) is 12.3. The summed E-state index contributed by atoms with van der Waals surface area (Å²) in [5.74, 6) is -0.363. The highest BCUT2D eigenvalue weighted by Gasteiger charge is 2.69. The van der Waals surface area contributed by atoms with E-state index in [0.717, 1.165) is 18.3 Å². The van der Waals surface area contributed by atoms with Crippen molar-refractivity contribution in [3.8, 4) is 5.75 Å². The van der Waals surface area contributed by atoms with Crippen LogP contribution in [0.25, 0.3) is 0 Å². The van der Waals surface area contributed by atoms with Crippen molar-refractivity contribution in [3.63, 3.8) is 0 Å². The third-order valence-corrected chi connectivity index (χ3v) is 4.20. The predicted octanol–water partition coefficient (Wildman–Crippen LogP) is 1.54. The predicted molar refractivity (Wildman–Crippen MR) is 73.4 cm³/mol. The van der Waals surface area contributed by atoms with E-state index in [9.17, 15) is 22.8 Å². The molecule has 24 heavy (non-hydrogen) atoms. The van der Waals surface area contributed by atoms with E-state index in [1.165, 1.54) is 0 Å². The maximum Gasteiger partial charge on any atom is 0.433 e. The molecule has 0 radical (unpaired) electrons. The van der Waals surface area contributed by atoms with Gasteiger partial charge in [-0.05, 0) is 31.4 Å². The van der Waals surface area contributed by atoms with Crippen molar-refractivity contribution in [2.24, 2.45) is 0 Å². The fraction of sp³-hybridized carbons (Fsp3) is 0.500. The lowest BCUT2D eigenvalue weighted by Gasteiger charge is -2.69. The molecule has 2 bridgehead atoms.